The second-order valence-corrected chi connectivity index (χ2v) is 23.5. The van der Waals surface area contributed by atoms with E-state index < -0.39 is 16.5 Å². The smallest absolute Gasteiger partial charge is 0.244 e. The molecule has 59 heavy (non-hydrogen) atoms. The normalized spacial score (nSPS) is 14.7. The Morgan fingerprint density at radius 3 is 0.729 bits per heavy atom. The first-order chi connectivity index (χ1) is 28.9. The molecule has 0 saturated carbocycles. The SMILES string of the molecule is CCc1cccc(CC)c1[Si]1(c2c(CC)cccc2CC)C[Si](c2c(CC)cccc2CC)(c2c(CC)cccc2CC)N=C(c2ccccc2)C(c2ccccc2)=N1. The zero-order valence-electron chi connectivity index (χ0n) is 37.0. The Bertz CT molecular complexity index is 2090. The van der Waals surface area contributed by atoms with Crippen LogP contribution in [0.4, 0.5) is 0 Å². The van der Waals surface area contributed by atoms with Crippen LogP contribution in [0.2, 0.25) is 5.67 Å². The molecule has 1 aliphatic rings. The Kier molecular flexibility index (Phi) is 13.3. The Balaban J connectivity index is 1.89. The number of hydrogen-bond donors (Lipinski definition) is 0. The molecule has 4 heteroatoms. The van der Waals surface area contributed by atoms with E-state index in [2.05, 4.69) is 189 Å². The van der Waals surface area contributed by atoms with Crippen LogP contribution in [0.15, 0.2) is 143 Å². The second-order valence-electron chi connectivity index (χ2n) is 16.2. The summed E-state index contributed by atoms with van der Waals surface area (Å²) in [6.45, 7) is 18.9. The van der Waals surface area contributed by atoms with Crippen LogP contribution in [0.3, 0.4) is 0 Å². The van der Waals surface area contributed by atoms with Crippen LogP contribution in [-0.4, -0.2) is 27.9 Å². The van der Waals surface area contributed by atoms with Gasteiger partial charge in [0.15, 0.2) is 0 Å². The first-order valence-electron chi connectivity index (χ1n) is 22.6. The molecule has 2 nitrogen and oxygen atoms in total. The summed E-state index contributed by atoms with van der Waals surface area (Å²) in [6, 6.07) is 50.9. The van der Waals surface area contributed by atoms with Crippen molar-refractivity contribution in [1.29, 1.82) is 0 Å². The van der Waals surface area contributed by atoms with Gasteiger partial charge in [-0.15, -0.1) is 0 Å². The molecule has 1 aliphatic heterocycles. The van der Waals surface area contributed by atoms with Crippen LogP contribution < -0.4 is 20.7 Å². The van der Waals surface area contributed by atoms with Gasteiger partial charge in [0.1, 0.15) is 0 Å². The monoisotopic (exact) mass is 808 g/mol. The van der Waals surface area contributed by atoms with E-state index in [1.165, 1.54) is 65.3 Å². The number of aryl methyl sites for hydroxylation is 8. The molecular formula is C55H64N2Si2. The van der Waals surface area contributed by atoms with Gasteiger partial charge in [0.25, 0.3) is 0 Å². The van der Waals surface area contributed by atoms with Crippen molar-refractivity contribution in [2.75, 3.05) is 0 Å². The number of hydrogen-bond acceptors (Lipinski definition) is 2. The first-order valence-corrected chi connectivity index (χ1v) is 26.9. The molecule has 6 aromatic rings. The summed E-state index contributed by atoms with van der Waals surface area (Å²) in [4.78, 5) is 0. The largest absolute Gasteiger partial charge is 0.307 e. The van der Waals surface area contributed by atoms with Gasteiger partial charge in [-0.05, 0) is 122 Å². The summed E-state index contributed by atoms with van der Waals surface area (Å²) in [5.74, 6) is 0. The molecule has 7 rings (SSSR count). The maximum atomic E-state index is 6.74. The van der Waals surface area contributed by atoms with Gasteiger partial charge in [-0.3, -0.25) is 0 Å². The molecule has 0 amide bonds. The molecule has 0 atom stereocenters. The molecule has 0 aliphatic carbocycles. The molecular weight excluding hydrogens is 745 g/mol. The maximum Gasteiger partial charge on any atom is 0.244 e. The number of benzene rings is 6. The second kappa shape index (κ2) is 18.6. The van der Waals surface area contributed by atoms with E-state index >= 15 is 0 Å². The van der Waals surface area contributed by atoms with Gasteiger partial charge < -0.3 is 9.32 Å². The van der Waals surface area contributed by atoms with Crippen LogP contribution >= 0.6 is 0 Å². The van der Waals surface area contributed by atoms with E-state index in [4.69, 9.17) is 9.32 Å². The lowest BCUT2D eigenvalue weighted by atomic mass is 10.0. The Hall–Kier alpha value is -4.91. The highest BCUT2D eigenvalue weighted by Crippen LogP contribution is 2.36. The van der Waals surface area contributed by atoms with Gasteiger partial charge in [0, 0.05) is 11.1 Å². The fourth-order valence-electron chi connectivity index (χ4n) is 10.5. The topological polar surface area (TPSA) is 24.7 Å². The van der Waals surface area contributed by atoms with Crippen LogP contribution in [-0.2, 0) is 51.4 Å². The average molecular weight is 809 g/mol. The van der Waals surface area contributed by atoms with Crippen LogP contribution in [0.25, 0.3) is 0 Å². The van der Waals surface area contributed by atoms with Crippen molar-refractivity contribution in [2.24, 2.45) is 9.32 Å². The predicted octanol–water partition coefficient (Wildman–Crippen LogP) is 10.5. The highest BCUT2D eigenvalue weighted by molar-refractivity contribution is 7.18. The van der Waals surface area contributed by atoms with Gasteiger partial charge in [0.2, 0.25) is 16.5 Å². The summed E-state index contributed by atoms with van der Waals surface area (Å²) in [5, 5.41) is 6.15. The van der Waals surface area contributed by atoms with Gasteiger partial charge in [-0.1, -0.05) is 189 Å². The lowest BCUT2D eigenvalue weighted by Crippen LogP contribution is -2.72. The lowest BCUT2D eigenvalue weighted by molar-refractivity contribution is 1.08. The molecule has 1 heterocycles. The summed E-state index contributed by atoms with van der Waals surface area (Å²) in [7, 11) is -6.55. The third kappa shape index (κ3) is 7.59. The zero-order valence-corrected chi connectivity index (χ0v) is 39.0. The quantitative estimate of drug-likeness (QED) is 0.0980. The summed E-state index contributed by atoms with van der Waals surface area (Å²) in [5.41, 5.74) is 16.9. The molecule has 0 radical (unpaired) electrons. The van der Waals surface area contributed by atoms with Gasteiger partial charge in [0.05, 0.1) is 11.4 Å². The number of rotatable bonds is 14. The first kappa shape index (κ1) is 42.2. The van der Waals surface area contributed by atoms with E-state index in [0.29, 0.717) is 0 Å². The predicted molar refractivity (Wildman–Crippen MR) is 262 cm³/mol. The minimum atomic E-state index is -3.28. The molecule has 6 aromatic carbocycles. The molecule has 0 unspecified atom stereocenters. The van der Waals surface area contributed by atoms with Gasteiger partial charge in [-0.2, -0.15) is 0 Å². The van der Waals surface area contributed by atoms with Crippen LogP contribution in [0.5, 0.6) is 0 Å². The molecule has 0 fully saturated rings. The van der Waals surface area contributed by atoms with Crippen LogP contribution in [0, 0.1) is 0 Å². The average Bonchev–Trinajstić information content (AvgIpc) is 3.47. The van der Waals surface area contributed by atoms with E-state index in [1.54, 1.807) is 0 Å². The zero-order chi connectivity index (χ0) is 41.6. The van der Waals surface area contributed by atoms with Crippen molar-refractivity contribution >= 4 is 48.6 Å². The Morgan fingerprint density at radius 1 is 0.305 bits per heavy atom. The Labute approximate surface area is 357 Å². The van der Waals surface area contributed by atoms with E-state index in [0.717, 1.165) is 79.6 Å². The molecule has 0 spiro atoms. The van der Waals surface area contributed by atoms with Crippen molar-refractivity contribution < 1.29 is 0 Å². The van der Waals surface area contributed by atoms with Gasteiger partial charge >= 0.3 is 0 Å². The van der Waals surface area contributed by atoms with Crippen LogP contribution in [0.1, 0.15) is 111 Å². The standard InChI is InChI=1S/C55H64N2Si2/c1-9-40-31-23-32-41(10-2)52(40)58(53-42(11-3)33-24-34-43(53)12-4)39-59(54-44(13-5)35-25-36-45(54)14-6,55-46(15-7)37-26-38-47(55)16-8)57-51(49-29-21-18-22-30-49)50(56-58)48-27-19-17-20-28-48/h17-38H,9-16,39H2,1-8H3. The van der Waals surface area contributed by atoms with Crippen molar-refractivity contribution in [2.45, 2.75) is 112 Å². The molecule has 0 N–H and O–H groups in total. The fraction of sp³-hybridized carbons (Fsp3) is 0.309. The van der Waals surface area contributed by atoms with Gasteiger partial charge in [-0.25, -0.2) is 0 Å². The summed E-state index contributed by atoms with van der Waals surface area (Å²) >= 11 is 0. The molecule has 0 saturated heterocycles. The van der Waals surface area contributed by atoms with Crippen molar-refractivity contribution in [3.05, 3.63) is 189 Å². The van der Waals surface area contributed by atoms with E-state index in [-0.39, 0.29) is 0 Å². The van der Waals surface area contributed by atoms with Crippen molar-refractivity contribution in [3.63, 3.8) is 0 Å². The fourth-order valence-corrected chi connectivity index (χ4v) is 25.4. The van der Waals surface area contributed by atoms with E-state index in [9.17, 15) is 0 Å². The highest BCUT2D eigenvalue weighted by Gasteiger charge is 2.57. The highest BCUT2D eigenvalue weighted by atomic mass is 28.4. The van der Waals surface area contributed by atoms with Crippen molar-refractivity contribution in [3.8, 4) is 0 Å². The maximum absolute atomic E-state index is 6.74. The minimum absolute atomic E-state index is 0.939. The molecule has 0 bridgehead atoms. The lowest BCUT2D eigenvalue weighted by Gasteiger charge is -2.42. The third-order valence-corrected chi connectivity index (χ3v) is 24.3. The van der Waals surface area contributed by atoms with E-state index in [1.807, 2.05) is 0 Å². The number of nitrogens with zero attached hydrogens (tertiary/aromatic N) is 2. The Morgan fingerprint density at radius 2 is 0.525 bits per heavy atom. The minimum Gasteiger partial charge on any atom is -0.307 e. The summed E-state index contributed by atoms with van der Waals surface area (Å²) in [6.07, 6.45) is 7.69. The third-order valence-electron chi connectivity index (χ3n) is 13.1. The summed E-state index contributed by atoms with van der Waals surface area (Å²) < 4.78 is 13.5. The molecule has 302 valence electrons. The van der Waals surface area contributed by atoms with Crippen molar-refractivity contribution in [1.82, 2.24) is 0 Å². The molecule has 0 aromatic heterocycles.